The van der Waals surface area contributed by atoms with Gasteiger partial charge in [0.1, 0.15) is 0 Å². The van der Waals surface area contributed by atoms with Crippen molar-refractivity contribution in [1.82, 2.24) is 0 Å². The van der Waals surface area contributed by atoms with Crippen molar-refractivity contribution < 1.29 is 9.90 Å². The van der Waals surface area contributed by atoms with E-state index in [1.807, 2.05) is 20.8 Å². The van der Waals surface area contributed by atoms with Gasteiger partial charge in [0.2, 0.25) is 0 Å². The molecule has 0 heterocycles. The van der Waals surface area contributed by atoms with Crippen molar-refractivity contribution in [1.29, 1.82) is 0 Å². The smallest absolute Gasteiger partial charge is 0.412 e. The molecule has 1 rings (SSSR count). The lowest BCUT2D eigenvalue weighted by Crippen LogP contribution is -2.45. The molecule has 0 unspecified atom stereocenters. The van der Waals surface area contributed by atoms with Crippen molar-refractivity contribution in [3.05, 3.63) is 28.2 Å². The molecule has 0 aromatic heterocycles. The lowest BCUT2D eigenvalue weighted by molar-refractivity contribution is 0.195. The number of benzene rings is 1. The number of hydrogen-bond acceptors (Lipinski definition) is 1. The molecule has 88 valence electrons. The highest BCUT2D eigenvalue weighted by Gasteiger charge is 2.28. The largest absolute Gasteiger partial charge is 0.465 e. The van der Waals surface area contributed by atoms with Crippen molar-refractivity contribution in [2.75, 3.05) is 4.90 Å². The zero-order chi connectivity index (χ0) is 12.5. The Balaban J connectivity index is 3.22. The number of rotatable bonds is 1. The van der Waals surface area contributed by atoms with Crippen LogP contribution in [0.1, 0.15) is 20.8 Å². The summed E-state index contributed by atoms with van der Waals surface area (Å²) >= 11 is 11.6. The molecule has 0 saturated carbocycles. The standard InChI is InChI=1S/C11H13Cl2NO2/c1-11(2,3)14(10(15)16)7-4-5-8(12)9(13)6-7/h4-6H,1-3H3,(H,15,16). The fourth-order valence-corrected chi connectivity index (χ4v) is 1.70. The third-order valence-electron chi connectivity index (χ3n) is 2.02. The van der Waals surface area contributed by atoms with Crippen LogP contribution in [-0.2, 0) is 0 Å². The lowest BCUT2D eigenvalue weighted by atomic mass is 10.1. The van der Waals surface area contributed by atoms with Crippen molar-refractivity contribution in [3.8, 4) is 0 Å². The van der Waals surface area contributed by atoms with Crippen LogP contribution in [0, 0.1) is 0 Å². The summed E-state index contributed by atoms with van der Waals surface area (Å²) in [7, 11) is 0. The molecule has 0 radical (unpaired) electrons. The van der Waals surface area contributed by atoms with Crippen LogP contribution in [-0.4, -0.2) is 16.7 Å². The van der Waals surface area contributed by atoms with E-state index in [0.717, 1.165) is 0 Å². The van der Waals surface area contributed by atoms with Crippen LogP contribution >= 0.6 is 23.2 Å². The molecule has 16 heavy (non-hydrogen) atoms. The minimum Gasteiger partial charge on any atom is -0.465 e. The van der Waals surface area contributed by atoms with E-state index >= 15 is 0 Å². The van der Waals surface area contributed by atoms with Gasteiger partial charge in [0.25, 0.3) is 0 Å². The first kappa shape index (κ1) is 13.1. The second kappa shape index (κ2) is 4.52. The number of carboxylic acid groups (broad SMARTS) is 1. The van der Waals surface area contributed by atoms with Gasteiger partial charge in [0.15, 0.2) is 0 Å². The Morgan fingerprint density at radius 3 is 2.19 bits per heavy atom. The molecule has 0 spiro atoms. The normalized spacial score (nSPS) is 11.3. The van der Waals surface area contributed by atoms with Crippen LogP contribution in [0.15, 0.2) is 18.2 Å². The molecule has 0 fully saturated rings. The predicted molar refractivity (Wildman–Crippen MR) is 66.7 cm³/mol. The summed E-state index contributed by atoms with van der Waals surface area (Å²) in [5.74, 6) is 0. The van der Waals surface area contributed by atoms with Gasteiger partial charge in [-0.1, -0.05) is 23.2 Å². The van der Waals surface area contributed by atoms with Crippen LogP contribution in [0.5, 0.6) is 0 Å². The van der Waals surface area contributed by atoms with Crippen LogP contribution in [0.2, 0.25) is 10.0 Å². The molecule has 1 amide bonds. The van der Waals surface area contributed by atoms with E-state index in [0.29, 0.717) is 15.7 Å². The van der Waals surface area contributed by atoms with E-state index in [2.05, 4.69) is 0 Å². The predicted octanol–water partition coefficient (Wildman–Crippen LogP) is 4.28. The maximum atomic E-state index is 11.2. The van der Waals surface area contributed by atoms with Gasteiger partial charge < -0.3 is 5.11 Å². The Morgan fingerprint density at radius 1 is 1.25 bits per heavy atom. The van der Waals surface area contributed by atoms with Crippen molar-refractivity contribution in [2.24, 2.45) is 0 Å². The van der Waals surface area contributed by atoms with E-state index in [9.17, 15) is 9.90 Å². The zero-order valence-electron chi connectivity index (χ0n) is 9.29. The maximum absolute atomic E-state index is 11.2. The van der Waals surface area contributed by atoms with Crippen molar-refractivity contribution in [2.45, 2.75) is 26.3 Å². The number of hydrogen-bond donors (Lipinski definition) is 1. The maximum Gasteiger partial charge on any atom is 0.412 e. The number of anilines is 1. The molecule has 1 aromatic carbocycles. The number of nitrogens with zero attached hydrogens (tertiary/aromatic N) is 1. The van der Waals surface area contributed by atoms with Gasteiger partial charge in [-0.15, -0.1) is 0 Å². The van der Waals surface area contributed by atoms with E-state index in [4.69, 9.17) is 23.2 Å². The van der Waals surface area contributed by atoms with Crippen LogP contribution in [0.4, 0.5) is 10.5 Å². The number of halogens is 2. The lowest BCUT2D eigenvalue weighted by Gasteiger charge is -2.33. The minimum absolute atomic E-state index is 0.342. The van der Waals surface area contributed by atoms with Crippen LogP contribution in [0.3, 0.4) is 0 Å². The SMILES string of the molecule is CC(C)(C)N(C(=O)O)c1ccc(Cl)c(Cl)c1. The highest BCUT2D eigenvalue weighted by atomic mass is 35.5. The molecule has 0 bridgehead atoms. The number of carbonyl (C=O) groups is 1. The second-order valence-electron chi connectivity index (χ2n) is 4.39. The Kier molecular flexibility index (Phi) is 3.71. The molecule has 1 aromatic rings. The molecule has 0 aliphatic carbocycles. The van der Waals surface area contributed by atoms with E-state index in [1.165, 1.54) is 4.90 Å². The van der Waals surface area contributed by atoms with Gasteiger partial charge in [-0.25, -0.2) is 4.79 Å². The van der Waals surface area contributed by atoms with Gasteiger partial charge in [0, 0.05) is 11.2 Å². The van der Waals surface area contributed by atoms with Crippen LogP contribution < -0.4 is 4.90 Å². The molecule has 0 aliphatic rings. The third-order valence-corrected chi connectivity index (χ3v) is 2.76. The van der Waals surface area contributed by atoms with E-state index in [1.54, 1.807) is 18.2 Å². The van der Waals surface area contributed by atoms with Crippen molar-refractivity contribution >= 4 is 35.0 Å². The average molecular weight is 262 g/mol. The molecule has 0 atom stereocenters. The highest BCUT2D eigenvalue weighted by molar-refractivity contribution is 6.42. The average Bonchev–Trinajstić information content (AvgIpc) is 2.08. The Labute approximate surface area is 105 Å². The van der Waals surface area contributed by atoms with Gasteiger partial charge in [-0.3, -0.25) is 4.90 Å². The highest BCUT2D eigenvalue weighted by Crippen LogP contribution is 2.30. The summed E-state index contributed by atoms with van der Waals surface area (Å²) in [6.07, 6.45) is -1.02. The monoisotopic (exact) mass is 261 g/mol. The quantitative estimate of drug-likeness (QED) is 0.820. The van der Waals surface area contributed by atoms with E-state index < -0.39 is 11.6 Å². The Morgan fingerprint density at radius 2 is 1.81 bits per heavy atom. The first-order valence-corrected chi connectivity index (χ1v) is 5.47. The van der Waals surface area contributed by atoms with Crippen molar-refractivity contribution in [3.63, 3.8) is 0 Å². The summed E-state index contributed by atoms with van der Waals surface area (Å²) in [5, 5.41) is 9.92. The molecule has 0 aliphatic heterocycles. The molecular formula is C11H13Cl2NO2. The summed E-state index contributed by atoms with van der Waals surface area (Å²) in [5.41, 5.74) is -0.0300. The summed E-state index contributed by atoms with van der Waals surface area (Å²) in [6.45, 7) is 5.43. The molecule has 0 saturated heterocycles. The fraction of sp³-hybridized carbons (Fsp3) is 0.364. The summed E-state index contributed by atoms with van der Waals surface area (Å²) < 4.78 is 0. The first-order chi connectivity index (χ1) is 7.23. The summed E-state index contributed by atoms with van der Waals surface area (Å²) in [6, 6.07) is 4.76. The Bertz CT molecular complexity index is 413. The van der Waals surface area contributed by atoms with E-state index in [-0.39, 0.29) is 0 Å². The second-order valence-corrected chi connectivity index (χ2v) is 5.20. The van der Waals surface area contributed by atoms with Gasteiger partial charge in [-0.05, 0) is 39.0 Å². The topological polar surface area (TPSA) is 40.5 Å². The molecule has 5 heteroatoms. The molecule has 3 nitrogen and oxygen atoms in total. The minimum atomic E-state index is -1.02. The first-order valence-electron chi connectivity index (χ1n) is 4.71. The number of amides is 1. The van der Waals surface area contributed by atoms with Gasteiger partial charge in [-0.2, -0.15) is 0 Å². The van der Waals surface area contributed by atoms with Gasteiger partial charge in [0.05, 0.1) is 10.0 Å². The summed E-state index contributed by atoms with van der Waals surface area (Å²) in [4.78, 5) is 12.4. The molecule has 1 N–H and O–H groups in total. The zero-order valence-corrected chi connectivity index (χ0v) is 10.8. The fourth-order valence-electron chi connectivity index (χ4n) is 1.41. The third kappa shape index (κ3) is 2.80. The molecular weight excluding hydrogens is 249 g/mol. The Hall–Kier alpha value is -0.930. The van der Waals surface area contributed by atoms with Crippen LogP contribution in [0.25, 0.3) is 0 Å². The van der Waals surface area contributed by atoms with Gasteiger partial charge >= 0.3 is 6.09 Å².